The van der Waals surface area contributed by atoms with E-state index < -0.39 is 0 Å². The predicted molar refractivity (Wildman–Crippen MR) is 93.5 cm³/mol. The summed E-state index contributed by atoms with van der Waals surface area (Å²) in [5.74, 6) is 2.22. The first-order valence-electron chi connectivity index (χ1n) is 7.74. The van der Waals surface area contributed by atoms with Crippen molar-refractivity contribution in [2.24, 2.45) is 0 Å². The predicted octanol–water partition coefficient (Wildman–Crippen LogP) is 1.41. The number of pyridine rings is 1. The van der Waals surface area contributed by atoms with Gasteiger partial charge in [-0.3, -0.25) is 9.69 Å². The van der Waals surface area contributed by atoms with Crippen LogP contribution in [0, 0.1) is 0 Å². The van der Waals surface area contributed by atoms with E-state index in [4.69, 9.17) is 0 Å². The van der Waals surface area contributed by atoms with E-state index in [1.165, 1.54) is 0 Å². The van der Waals surface area contributed by atoms with Crippen LogP contribution in [0.1, 0.15) is 6.92 Å². The minimum Gasteiger partial charge on any atom is -0.354 e. The van der Waals surface area contributed by atoms with Gasteiger partial charge in [0.25, 0.3) is 0 Å². The number of thioether (sulfide) groups is 1. The molecule has 0 aromatic carbocycles. The lowest BCUT2D eigenvalue weighted by Gasteiger charge is -2.36. The standard InChI is InChI=1S/C16H26N4OS/c1-14(13-22-3)18(2)16(21)12-19-8-10-20(11-9-19)15-6-4-5-7-17-15/h4-7,14H,8-13H2,1-3H3/t14-/m1/s1. The first-order chi connectivity index (χ1) is 10.6. The largest absolute Gasteiger partial charge is 0.354 e. The summed E-state index contributed by atoms with van der Waals surface area (Å²) in [6.07, 6.45) is 3.90. The lowest BCUT2D eigenvalue weighted by atomic mass is 10.2. The van der Waals surface area contributed by atoms with E-state index in [0.29, 0.717) is 6.54 Å². The van der Waals surface area contributed by atoms with E-state index in [-0.39, 0.29) is 11.9 Å². The van der Waals surface area contributed by atoms with Crippen molar-refractivity contribution in [3.63, 3.8) is 0 Å². The summed E-state index contributed by atoms with van der Waals surface area (Å²) in [5, 5.41) is 0. The van der Waals surface area contributed by atoms with Gasteiger partial charge in [0.2, 0.25) is 5.91 Å². The molecule has 1 amide bonds. The molecule has 0 radical (unpaired) electrons. The zero-order chi connectivity index (χ0) is 15.9. The fourth-order valence-electron chi connectivity index (χ4n) is 2.58. The van der Waals surface area contributed by atoms with Crippen LogP contribution in [-0.4, -0.2) is 78.5 Å². The van der Waals surface area contributed by atoms with Gasteiger partial charge in [-0.2, -0.15) is 11.8 Å². The molecule has 0 bridgehead atoms. The van der Waals surface area contributed by atoms with Gasteiger partial charge in [-0.15, -0.1) is 0 Å². The molecule has 22 heavy (non-hydrogen) atoms. The number of hydrogen-bond acceptors (Lipinski definition) is 5. The highest BCUT2D eigenvalue weighted by Gasteiger charge is 2.22. The third kappa shape index (κ3) is 4.61. The summed E-state index contributed by atoms with van der Waals surface area (Å²) < 4.78 is 0. The minimum atomic E-state index is 0.216. The second kappa shape index (κ2) is 8.39. The normalized spacial score (nSPS) is 17.3. The second-order valence-electron chi connectivity index (χ2n) is 5.76. The van der Waals surface area contributed by atoms with Crippen molar-refractivity contribution in [1.29, 1.82) is 0 Å². The quantitative estimate of drug-likeness (QED) is 0.792. The summed E-state index contributed by atoms with van der Waals surface area (Å²) >= 11 is 1.78. The fraction of sp³-hybridized carbons (Fsp3) is 0.625. The van der Waals surface area contributed by atoms with Gasteiger partial charge in [0.15, 0.2) is 0 Å². The molecular formula is C16H26N4OS. The molecule has 1 atom stereocenters. The van der Waals surface area contributed by atoms with Crippen molar-refractivity contribution in [2.75, 3.05) is 56.7 Å². The number of aromatic nitrogens is 1. The highest BCUT2D eigenvalue weighted by atomic mass is 32.2. The van der Waals surface area contributed by atoms with Gasteiger partial charge in [0.1, 0.15) is 5.82 Å². The average Bonchev–Trinajstić information content (AvgIpc) is 2.56. The number of piperazine rings is 1. The molecule has 1 aliphatic heterocycles. The van der Waals surface area contributed by atoms with Crippen molar-refractivity contribution >= 4 is 23.5 Å². The molecule has 1 fully saturated rings. The Bertz CT molecular complexity index is 462. The molecule has 6 heteroatoms. The maximum absolute atomic E-state index is 12.3. The van der Waals surface area contributed by atoms with Gasteiger partial charge in [-0.05, 0) is 25.3 Å². The number of hydrogen-bond donors (Lipinski definition) is 0. The summed E-state index contributed by atoms with van der Waals surface area (Å²) in [4.78, 5) is 23.1. The number of carbonyl (C=O) groups is 1. The SMILES string of the molecule is CSC[C@@H](C)N(C)C(=O)CN1CCN(c2ccccn2)CC1. The molecule has 0 saturated carbocycles. The Kier molecular flexibility index (Phi) is 6.51. The Morgan fingerprint density at radius 1 is 1.36 bits per heavy atom. The summed E-state index contributed by atoms with van der Waals surface area (Å²) in [5.41, 5.74) is 0. The molecule has 1 aromatic heterocycles. The Labute approximate surface area is 137 Å². The number of amides is 1. The van der Waals surface area contributed by atoms with Crippen molar-refractivity contribution in [1.82, 2.24) is 14.8 Å². The first-order valence-corrected chi connectivity index (χ1v) is 9.14. The lowest BCUT2D eigenvalue weighted by molar-refractivity contribution is -0.132. The Hall–Kier alpha value is -1.27. The van der Waals surface area contributed by atoms with Crippen LogP contribution in [0.2, 0.25) is 0 Å². The van der Waals surface area contributed by atoms with E-state index >= 15 is 0 Å². The number of likely N-dealkylation sites (N-methyl/N-ethyl adjacent to an activating group) is 1. The van der Waals surface area contributed by atoms with Crippen LogP contribution in [0.25, 0.3) is 0 Å². The molecule has 1 aromatic rings. The molecule has 5 nitrogen and oxygen atoms in total. The van der Waals surface area contributed by atoms with Gasteiger partial charge in [0, 0.05) is 51.2 Å². The van der Waals surface area contributed by atoms with E-state index in [0.717, 1.165) is 37.7 Å². The van der Waals surface area contributed by atoms with Crippen LogP contribution in [0.5, 0.6) is 0 Å². The zero-order valence-electron chi connectivity index (χ0n) is 13.7. The molecule has 0 spiro atoms. The maximum Gasteiger partial charge on any atom is 0.236 e. The van der Waals surface area contributed by atoms with Gasteiger partial charge in [0.05, 0.1) is 6.54 Å². The Balaban J connectivity index is 1.78. The van der Waals surface area contributed by atoms with Crippen LogP contribution < -0.4 is 4.90 Å². The van der Waals surface area contributed by atoms with E-state index in [1.807, 2.05) is 36.3 Å². The van der Waals surface area contributed by atoms with Crippen LogP contribution in [0.4, 0.5) is 5.82 Å². The topological polar surface area (TPSA) is 39.7 Å². The molecule has 1 saturated heterocycles. The molecule has 0 aliphatic carbocycles. The minimum absolute atomic E-state index is 0.216. The van der Waals surface area contributed by atoms with Gasteiger partial charge < -0.3 is 9.80 Å². The molecule has 2 heterocycles. The highest BCUT2D eigenvalue weighted by Crippen LogP contribution is 2.13. The first kappa shape index (κ1) is 17.1. The monoisotopic (exact) mass is 322 g/mol. The van der Waals surface area contributed by atoms with Crippen LogP contribution in [0.3, 0.4) is 0 Å². The van der Waals surface area contributed by atoms with Crippen LogP contribution in [-0.2, 0) is 4.79 Å². The van der Waals surface area contributed by atoms with E-state index in [9.17, 15) is 4.79 Å². The Morgan fingerprint density at radius 3 is 2.68 bits per heavy atom. The summed E-state index contributed by atoms with van der Waals surface area (Å²) in [6, 6.07) is 6.28. The molecule has 0 N–H and O–H groups in total. The fourth-order valence-corrected chi connectivity index (χ4v) is 3.28. The second-order valence-corrected chi connectivity index (χ2v) is 6.67. The van der Waals surface area contributed by atoms with E-state index in [1.54, 1.807) is 11.8 Å². The third-order valence-corrected chi connectivity index (χ3v) is 4.98. The number of rotatable bonds is 6. The Morgan fingerprint density at radius 2 is 2.09 bits per heavy atom. The maximum atomic E-state index is 12.3. The molecule has 2 rings (SSSR count). The zero-order valence-corrected chi connectivity index (χ0v) is 14.6. The van der Waals surface area contributed by atoms with Gasteiger partial charge in [-0.25, -0.2) is 4.98 Å². The van der Waals surface area contributed by atoms with E-state index in [2.05, 4.69) is 28.0 Å². The lowest BCUT2D eigenvalue weighted by Crippen LogP contribution is -2.51. The van der Waals surface area contributed by atoms with Crippen LogP contribution in [0.15, 0.2) is 24.4 Å². The molecule has 0 unspecified atom stereocenters. The summed E-state index contributed by atoms with van der Waals surface area (Å²) in [7, 11) is 1.91. The number of carbonyl (C=O) groups excluding carboxylic acids is 1. The van der Waals surface area contributed by atoms with Crippen LogP contribution >= 0.6 is 11.8 Å². The number of anilines is 1. The average molecular weight is 322 g/mol. The van der Waals surface area contributed by atoms with Gasteiger partial charge in [-0.1, -0.05) is 6.07 Å². The third-order valence-electron chi connectivity index (χ3n) is 4.17. The molecular weight excluding hydrogens is 296 g/mol. The summed E-state index contributed by atoms with van der Waals surface area (Å²) in [6.45, 7) is 6.29. The smallest absolute Gasteiger partial charge is 0.236 e. The van der Waals surface area contributed by atoms with Crippen molar-refractivity contribution in [3.05, 3.63) is 24.4 Å². The van der Waals surface area contributed by atoms with Crippen molar-refractivity contribution in [3.8, 4) is 0 Å². The highest BCUT2D eigenvalue weighted by molar-refractivity contribution is 7.98. The molecule has 122 valence electrons. The van der Waals surface area contributed by atoms with Crippen molar-refractivity contribution < 1.29 is 4.79 Å². The van der Waals surface area contributed by atoms with Gasteiger partial charge >= 0.3 is 0 Å². The van der Waals surface area contributed by atoms with Crippen molar-refractivity contribution in [2.45, 2.75) is 13.0 Å². The molecule has 1 aliphatic rings. The number of nitrogens with zero attached hydrogens (tertiary/aromatic N) is 4.